The summed E-state index contributed by atoms with van der Waals surface area (Å²) in [5.41, 5.74) is 10.9. The Hall–Kier alpha value is -7.92. The fraction of sp³-hybridized carbons (Fsp3) is 0.481. The lowest BCUT2D eigenvalue weighted by atomic mass is 9.47. The lowest BCUT2D eigenvalue weighted by Crippen LogP contribution is -2.66. The molecule has 9 aromatic rings. The third-order valence-electron chi connectivity index (χ3n) is 28.6. The van der Waals surface area contributed by atoms with E-state index in [1.54, 1.807) is 0 Å². The Labute approximate surface area is 735 Å². The predicted molar refractivity (Wildman–Crippen MR) is 476 cm³/mol. The van der Waals surface area contributed by atoms with Gasteiger partial charge in [0.15, 0.2) is 25.2 Å². The van der Waals surface area contributed by atoms with E-state index in [2.05, 4.69) is 162 Å². The van der Waals surface area contributed by atoms with Crippen molar-refractivity contribution in [2.45, 2.75) is 276 Å². The van der Waals surface area contributed by atoms with Crippen LogP contribution in [0.5, 0.6) is 0 Å². The Morgan fingerprint density at radius 2 is 0.702 bits per heavy atom. The maximum absolute atomic E-state index is 7.86. The smallest absolute Gasteiger partial charge is 0.189 e. The lowest BCUT2D eigenvalue weighted by Gasteiger charge is -2.59. The van der Waals surface area contributed by atoms with Crippen LogP contribution in [-0.2, 0) is 135 Å². The second-order valence-corrected chi connectivity index (χ2v) is 36.7. The first-order valence-corrected chi connectivity index (χ1v) is 46.0. The van der Waals surface area contributed by atoms with Crippen LogP contribution in [0.3, 0.4) is 0 Å². The quantitative estimate of drug-likeness (QED) is 0.0343. The van der Waals surface area contributed by atoms with Crippen LogP contribution >= 0.6 is 0 Å². The van der Waals surface area contributed by atoms with Crippen LogP contribution in [0.4, 0.5) is 0 Å². The third kappa shape index (κ3) is 21.4. The van der Waals surface area contributed by atoms with Crippen LogP contribution in [0.25, 0.3) is 0 Å². The standard InChI is InChI=1S/C108H128O16/c1-73-52-57-92(121-103(73)124-105-101(117-71-85-50-32-15-33-51-85)98(114-68-82-44-26-12-27-45-82)95(76(4)119-105)111-65-79-38-20-9-21-39-79)74(2)89-55-56-90-88-54-53-86-62-87(58-60-107(86,5)91(88)59-61-108(89,90)6)120-106-102(99(115-69-83-46-28-13-29-47-83)96(112-66-80-40-22-10-23-41-80)93(122-106)72-109-63-77-34-16-7-17-35-77)123-104-100(116-70-84-48-30-14-31-49-84)97(113-67-81-42-24-11-25-43-81)94(75(3)118-104)110-64-78-36-18-8-19-37-78/h7-51,53,73-76,87-106H,52,54-72H2,1-6H3/t73-,74+,75+,76+,87+,88+,89-,90+,91+,92+,93-,94+,95+,96-,97-,98-,99+,100-,101-,102-,103+,104+,105+,106-,107+,108-/m1/s1. The van der Waals surface area contributed by atoms with Gasteiger partial charge in [0.05, 0.1) is 90.5 Å². The van der Waals surface area contributed by atoms with Crippen molar-refractivity contribution < 1.29 is 75.8 Å². The zero-order valence-electron chi connectivity index (χ0n) is 73.1. The fourth-order valence-electron chi connectivity index (χ4n) is 21.9. The minimum absolute atomic E-state index is 0.0108. The molecular formula is C108H128O16. The minimum atomic E-state index is -1.06. The summed E-state index contributed by atoms with van der Waals surface area (Å²) in [6.45, 7) is 17.2. The third-order valence-corrected chi connectivity index (χ3v) is 28.6. The summed E-state index contributed by atoms with van der Waals surface area (Å²) < 4.78 is 116. The molecule has 17 rings (SSSR count). The summed E-state index contributed by atoms with van der Waals surface area (Å²) in [7, 11) is 0. The summed E-state index contributed by atoms with van der Waals surface area (Å²) in [6.07, 6.45) is 1.57. The zero-order chi connectivity index (χ0) is 84.6. The van der Waals surface area contributed by atoms with Gasteiger partial charge in [-0.2, -0.15) is 0 Å². The summed E-state index contributed by atoms with van der Waals surface area (Å²) in [6, 6.07) is 92.6. The molecule has 3 saturated carbocycles. The molecule has 0 N–H and O–H groups in total. The van der Waals surface area contributed by atoms with E-state index in [4.69, 9.17) is 75.8 Å². The molecule has 4 heterocycles. The Morgan fingerprint density at radius 1 is 0.331 bits per heavy atom. The maximum Gasteiger partial charge on any atom is 0.189 e. The van der Waals surface area contributed by atoms with Crippen molar-refractivity contribution in [1.29, 1.82) is 0 Å². The van der Waals surface area contributed by atoms with Crippen LogP contribution in [0.15, 0.2) is 285 Å². The molecule has 26 atom stereocenters. The van der Waals surface area contributed by atoms with Gasteiger partial charge in [0, 0.05) is 5.92 Å². The van der Waals surface area contributed by atoms with Crippen molar-refractivity contribution in [3.8, 4) is 0 Å². The number of benzene rings is 9. The highest BCUT2D eigenvalue weighted by Gasteiger charge is 2.62. The van der Waals surface area contributed by atoms with E-state index in [0.29, 0.717) is 69.2 Å². The zero-order valence-corrected chi connectivity index (χ0v) is 73.1. The number of hydrogen-bond donors (Lipinski definition) is 0. The number of allylic oxidation sites excluding steroid dienone is 1. The highest BCUT2D eigenvalue weighted by atomic mass is 16.8. The van der Waals surface area contributed by atoms with Gasteiger partial charge in [-0.05, 0) is 169 Å². The normalized spacial score (nSPS) is 33.2. The molecule has 4 aliphatic heterocycles. The van der Waals surface area contributed by atoms with Crippen LogP contribution in [0.1, 0.15) is 156 Å². The van der Waals surface area contributed by atoms with Gasteiger partial charge in [0.25, 0.3) is 0 Å². The molecular weight excluding hydrogens is 1550 g/mol. The van der Waals surface area contributed by atoms with Crippen LogP contribution in [-0.4, -0.2) is 117 Å². The van der Waals surface area contributed by atoms with Gasteiger partial charge in [-0.3, -0.25) is 0 Å². The second-order valence-electron chi connectivity index (χ2n) is 36.7. The van der Waals surface area contributed by atoms with E-state index in [9.17, 15) is 0 Å². The Balaban J connectivity index is 0.634. The highest BCUT2D eigenvalue weighted by molar-refractivity contribution is 5.28. The monoisotopic (exact) mass is 1680 g/mol. The molecule has 124 heavy (non-hydrogen) atoms. The average molecular weight is 1680 g/mol. The average Bonchev–Trinajstić information content (AvgIpc) is 1.49. The Bertz CT molecular complexity index is 4680. The van der Waals surface area contributed by atoms with Crippen molar-refractivity contribution in [1.82, 2.24) is 0 Å². The van der Waals surface area contributed by atoms with E-state index >= 15 is 0 Å². The van der Waals surface area contributed by atoms with Crippen molar-refractivity contribution in [2.75, 3.05) is 6.61 Å². The largest absolute Gasteiger partial charge is 0.374 e. The van der Waals surface area contributed by atoms with Gasteiger partial charge in [0.2, 0.25) is 0 Å². The predicted octanol–water partition coefficient (Wildman–Crippen LogP) is 21.2. The summed E-state index contributed by atoms with van der Waals surface area (Å²) in [5.74, 6) is 2.60. The van der Waals surface area contributed by atoms with Crippen LogP contribution in [0.2, 0.25) is 0 Å². The topological polar surface area (TPSA) is 148 Å². The molecule has 16 heteroatoms. The fourth-order valence-corrected chi connectivity index (χ4v) is 21.9. The first-order chi connectivity index (χ1) is 60.8. The summed E-state index contributed by atoms with van der Waals surface area (Å²) >= 11 is 0. The van der Waals surface area contributed by atoms with E-state index < -0.39 is 92.3 Å². The highest BCUT2D eigenvalue weighted by Crippen LogP contribution is 2.68. The van der Waals surface area contributed by atoms with Gasteiger partial charge >= 0.3 is 0 Å². The van der Waals surface area contributed by atoms with E-state index in [1.807, 2.05) is 159 Å². The molecule has 0 radical (unpaired) electrons. The van der Waals surface area contributed by atoms with E-state index in [-0.39, 0.29) is 61.5 Å². The van der Waals surface area contributed by atoms with Crippen molar-refractivity contribution in [3.63, 3.8) is 0 Å². The molecule has 656 valence electrons. The van der Waals surface area contributed by atoms with E-state index in [1.165, 1.54) is 31.3 Å². The van der Waals surface area contributed by atoms with Crippen molar-refractivity contribution in [2.24, 2.45) is 46.3 Å². The molecule has 0 amide bonds. The molecule has 0 aromatic heterocycles. The number of ether oxygens (including phenoxy) is 16. The van der Waals surface area contributed by atoms with Gasteiger partial charge in [-0.15, -0.1) is 0 Å². The first kappa shape index (κ1) is 88.1. The van der Waals surface area contributed by atoms with Gasteiger partial charge < -0.3 is 75.8 Å². The molecule has 4 saturated heterocycles. The molecule has 8 aliphatic rings. The Kier molecular flexibility index (Phi) is 30.1. The van der Waals surface area contributed by atoms with Crippen molar-refractivity contribution in [3.05, 3.63) is 335 Å². The second kappa shape index (κ2) is 42.3. The minimum Gasteiger partial charge on any atom is -0.374 e. The van der Waals surface area contributed by atoms with Crippen LogP contribution < -0.4 is 0 Å². The first-order valence-electron chi connectivity index (χ1n) is 46.0. The van der Waals surface area contributed by atoms with Crippen molar-refractivity contribution >= 4 is 0 Å². The summed E-state index contributed by atoms with van der Waals surface area (Å²) in [5, 5.41) is 0. The molecule has 16 nitrogen and oxygen atoms in total. The lowest BCUT2D eigenvalue weighted by molar-refractivity contribution is -0.384. The van der Waals surface area contributed by atoms with Gasteiger partial charge in [-0.25, -0.2) is 0 Å². The number of hydrogen-bond acceptors (Lipinski definition) is 16. The SMILES string of the molecule is C[C@H]([C@@H]1CC[C@@H](C)[C@H](O[C@@H]2O[C@@H](C)[C@H](OCc3ccccc3)[C@@H](OCc3ccccc3)[C@H]2OCc2ccccc2)O1)[C@H]1CC[C@H]2[C@@H]3CC=C4C[C@@H](O[C@@H]5O[C@H](COCc6ccccc6)[C@@H](OCc6ccccc6)[C@H](OCc6ccccc6)[C@H]5O[C@@H]5O[C@@H](C)[C@H](OCc6ccccc6)[C@@H](OCc6ccccc6)[C@H]5OCc5ccccc5)CC[C@]4(C)[C@H]3CC[C@]12C. The molecule has 7 fully saturated rings. The summed E-state index contributed by atoms with van der Waals surface area (Å²) in [4.78, 5) is 0. The van der Waals surface area contributed by atoms with Gasteiger partial charge in [-0.1, -0.05) is 312 Å². The number of fused-ring (bicyclic) bond motifs is 5. The molecule has 9 aromatic carbocycles. The van der Waals surface area contributed by atoms with Crippen LogP contribution in [0, 0.1) is 46.3 Å². The molecule has 0 unspecified atom stereocenters. The molecule has 0 bridgehead atoms. The molecule has 4 aliphatic carbocycles. The van der Waals surface area contributed by atoms with Gasteiger partial charge in [0.1, 0.15) is 61.0 Å². The van der Waals surface area contributed by atoms with E-state index in [0.717, 1.165) is 88.6 Å². The number of rotatable bonds is 36. The Morgan fingerprint density at radius 3 is 1.13 bits per heavy atom. The maximum atomic E-state index is 7.86. The molecule has 0 spiro atoms.